The van der Waals surface area contributed by atoms with Crippen LogP contribution >= 0.6 is 0 Å². The van der Waals surface area contributed by atoms with E-state index in [1.807, 2.05) is 30.3 Å². The number of para-hydroxylation sites is 1. The second-order valence-corrected chi connectivity index (χ2v) is 6.67. The molecule has 1 aromatic carbocycles. The Labute approximate surface area is 167 Å². The van der Waals surface area contributed by atoms with E-state index in [1.165, 1.54) is 0 Å². The lowest BCUT2D eigenvalue weighted by atomic mass is 10.2. The summed E-state index contributed by atoms with van der Waals surface area (Å²) in [4.78, 5) is 24.6. The van der Waals surface area contributed by atoms with E-state index < -0.39 is 0 Å². The van der Waals surface area contributed by atoms with Crippen LogP contribution in [0.25, 0.3) is 22.3 Å². The van der Waals surface area contributed by atoms with Gasteiger partial charge in [0, 0.05) is 36.9 Å². The second kappa shape index (κ2) is 7.76. The lowest BCUT2D eigenvalue weighted by molar-refractivity contribution is 0.122. The van der Waals surface area contributed by atoms with Gasteiger partial charge in [-0.3, -0.25) is 15.0 Å². The zero-order valence-electron chi connectivity index (χ0n) is 15.7. The van der Waals surface area contributed by atoms with Gasteiger partial charge in [-0.2, -0.15) is 4.98 Å². The molecule has 29 heavy (non-hydrogen) atoms. The number of anilines is 3. The molecule has 0 bridgehead atoms. The maximum atomic E-state index is 5.46. The minimum absolute atomic E-state index is 0.646. The smallest absolute Gasteiger partial charge is 0.228 e. The lowest BCUT2D eigenvalue weighted by Gasteiger charge is -2.27. The first-order valence-corrected chi connectivity index (χ1v) is 9.45. The number of morpholine rings is 1. The molecule has 1 aliphatic rings. The van der Waals surface area contributed by atoms with Gasteiger partial charge in [0.2, 0.25) is 5.95 Å². The number of pyridine rings is 1. The van der Waals surface area contributed by atoms with Gasteiger partial charge in [-0.1, -0.05) is 18.2 Å². The van der Waals surface area contributed by atoms with Crippen molar-refractivity contribution in [3.8, 4) is 11.4 Å². The molecule has 0 spiro atoms. The first-order chi connectivity index (χ1) is 14.3. The van der Waals surface area contributed by atoms with Gasteiger partial charge < -0.3 is 15.0 Å². The van der Waals surface area contributed by atoms with Crippen LogP contribution in [-0.4, -0.2) is 51.2 Å². The number of benzene rings is 1. The van der Waals surface area contributed by atoms with Crippen LogP contribution in [-0.2, 0) is 4.74 Å². The van der Waals surface area contributed by atoms with Crippen molar-refractivity contribution in [3.05, 3.63) is 61.2 Å². The number of ether oxygens (including phenoxy) is 1. The zero-order chi connectivity index (χ0) is 19.5. The molecule has 0 saturated carbocycles. The standard InChI is InChI=1S/C21H19N7O/c1-2-4-17-15(3-1)11-16(13-24-17)25-20-12-18(19-14-22-5-6-23-19)26-21(27-20)28-7-9-29-10-8-28/h1-6,11-14H,7-10H2,(H,25,26,27). The highest BCUT2D eigenvalue weighted by molar-refractivity contribution is 5.82. The molecule has 1 fully saturated rings. The highest BCUT2D eigenvalue weighted by atomic mass is 16.5. The fraction of sp³-hybridized carbons (Fsp3) is 0.190. The van der Waals surface area contributed by atoms with Gasteiger partial charge in [0.15, 0.2) is 0 Å². The number of nitrogens with zero attached hydrogens (tertiary/aromatic N) is 6. The summed E-state index contributed by atoms with van der Waals surface area (Å²) in [6.45, 7) is 2.83. The fourth-order valence-corrected chi connectivity index (χ4v) is 3.25. The third-order valence-corrected chi connectivity index (χ3v) is 4.70. The Bertz CT molecular complexity index is 1130. The summed E-state index contributed by atoms with van der Waals surface area (Å²) >= 11 is 0. The molecule has 4 heterocycles. The Balaban J connectivity index is 1.53. The molecule has 0 aliphatic carbocycles. The van der Waals surface area contributed by atoms with Crippen LogP contribution in [0.4, 0.5) is 17.5 Å². The molecule has 0 amide bonds. The monoisotopic (exact) mass is 385 g/mol. The number of rotatable bonds is 4. The van der Waals surface area contributed by atoms with Crippen molar-refractivity contribution in [2.24, 2.45) is 0 Å². The van der Waals surface area contributed by atoms with Crippen LogP contribution in [0.5, 0.6) is 0 Å². The van der Waals surface area contributed by atoms with Crippen molar-refractivity contribution >= 4 is 28.4 Å². The van der Waals surface area contributed by atoms with Crippen LogP contribution in [0.1, 0.15) is 0 Å². The van der Waals surface area contributed by atoms with E-state index in [1.54, 1.807) is 24.8 Å². The number of hydrogen-bond acceptors (Lipinski definition) is 8. The van der Waals surface area contributed by atoms with Crippen molar-refractivity contribution in [2.45, 2.75) is 0 Å². The normalized spacial score (nSPS) is 14.1. The van der Waals surface area contributed by atoms with Gasteiger partial charge in [-0.25, -0.2) is 4.98 Å². The molecule has 0 atom stereocenters. The number of hydrogen-bond donors (Lipinski definition) is 1. The van der Waals surface area contributed by atoms with Crippen LogP contribution in [0, 0.1) is 0 Å². The first-order valence-electron chi connectivity index (χ1n) is 9.45. The summed E-state index contributed by atoms with van der Waals surface area (Å²) in [5.41, 5.74) is 3.23. The van der Waals surface area contributed by atoms with Gasteiger partial charge in [0.1, 0.15) is 11.5 Å². The second-order valence-electron chi connectivity index (χ2n) is 6.67. The lowest BCUT2D eigenvalue weighted by Crippen LogP contribution is -2.37. The fourth-order valence-electron chi connectivity index (χ4n) is 3.25. The van der Waals surface area contributed by atoms with Crippen molar-refractivity contribution in [2.75, 3.05) is 36.5 Å². The summed E-state index contributed by atoms with van der Waals surface area (Å²) < 4.78 is 5.46. The predicted molar refractivity (Wildman–Crippen MR) is 111 cm³/mol. The average Bonchev–Trinajstić information content (AvgIpc) is 2.80. The van der Waals surface area contributed by atoms with Crippen LogP contribution in [0.15, 0.2) is 61.2 Å². The molecule has 3 aromatic heterocycles. The Morgan fingerprint density at radius 3 is 2.66 bits per heavy atom. The molecule has 5 rings (SSSR count). The highest BCUT2D eigenvalue weighted by Crippen LogP contribution is 2.25. The molecule has 8 nitrogen and oxygen atoms in total. The number of aromatic nitrogens is 5. The molecule has 144 valence electrons. The average molecular weight is 385 g/mol. The maximum Gasteiger partial charge on any atom is 0.228 e. The van der Waals surface area contributed by atoms with Gasteiger partial charge in [0.25, 0.3) is 0 Å². The van der Waals surface area contributed by atoms with Gasteiger partial charge >= 0.3 is 0 Å². The number of fused-ring (bicyclic) bond motifs is 1. The molecule has 8 heteroatoms. The predicted octanol–water partition coefficient (Wildman–Crippen LogP) is 3.06. The third kappa shape index (κ3) is 3.83. The summed E-state index contributed by atoms with van der Waals surface area (Å²) in [6.07, 6.45) is 6.81. The SMILES string of the molecule is c1ccc2ncc(Nc3cc(-c4cnccn4)nc(N4CCOCC4)n3)cc2c1. The van der Waals surface area contributed by atoms with Crippen molar-refractivity contribution in [1.82, 2.24) is 24.9 Å². The Hall–Kier alpha value is -3.65. The topological polar surface area (TPSA) is 89.0 Å². The van der Waals surface area contributed by atoms with E-state index in [0.29, 0.717) is 36.4 Å². The van der Waals surface area contributed by atoms with Gasteiger partial charge in [-0.15, -0.1) is 0 Å². The zero-order valence-corrected chi connectivity index (χ0v) is 15.7. The first kappa shape index (κ1) is 17.4. The van der Waals surface area contributed by atoms with Crippen LogP contribution < -0.4 is 10.2 Å². The van der Waals surface area contributed by atoms with Crippen LogP contribution in [0.2, 0.25) is 0 Å². The maximum absolute atomic E-state index is 5.46. The quantitative estimate of drug-likeness (QED) is 0.573. The number of nitrogens with one attached hydrogen (secondary N) is 1. The molecule has 4 aromatic rings. The Morgan fingerprint density at radius 1 is 0.897 bits per heavy atom. The van der Waals surface area contributed by atoms with E-state index >= 15 is 0 Å². The molecule has 1 saturated heterocycles. The molecular weight excluding hydrogens is 366 g/mol. The summed E-state index contributed by atoms with van der Waals surface area (Å²) in [5.74, 6) is 1.33. The Kier molecular flexibility index (Phi) is 4.67. The molecule has 0 unspecified atom stereocenters. The molecule has 0 radical (unpaired) electrons. The van der Waals surface area contributed by atoms with Gasteiger partial charge in [0.05, 0.1) is 42.5 Å². The molecule has 1 aliphatic heterocycles. The minimum Gasteiger partial charge on any atom is -0.378 e. The van der Waals surface area contributed by atoms with Crippen molar-refractivity contribution in [3.63, 3.8) is 0 Å². The van der Waals surface area contributed by atoms with E-state index in [9.17, 15) is 0 Å². The molecule has 1 N–H and O–H groups in total. The summed E-state index contributed by atoms with van der Waals surface area (Å²) in [7, 11) is 0. The van der Waals surface area contributed by atoms with E-state index in [2.05, 4.69) is 31.2 Å². The van der Waals surface area contributed by atoms with Gasteiger partial charge in [-0.05, 0) is 12.1 Å². The van der Waals surface area contributed by atoms with E-state index in [-0.39, 0.29) is 0 Å². The summed E-state index contributed by atoms with van der Waals surface area (Å²) in [5, 5.41) is 4.43. The molecular formula is C21H19N7O. The largest absolute Gasteiger partial charge is 0.378 e. The summed E-state index contributed by atoms with van der Waals surface area (Å²) in [6, 6.07) is 11.9. The van der Waals surface area contributed by atoms with Crippen molar-refractivity contribution < 1.29 is 4.74 Å². The van der Waals surface area contributed by atoms with E-state index in [0.717, 1.165) is 29.7 Å². The Morgan fingerprint density at radius 2 is 1.79 bits per heavy atom. The minimum atomic E-state index is 0.646. The highest BCUT2D eigenvalue weighted by Gasteiger charge is 2.17. The van der Waals surface area contributed by atoms with E-state index in [4.69, 9.17) is 14.7 Å². The van der Waals surface area contributed by atoms with Crippen molar-refractivity contribution in [1.29, 1.82) is 0 Å². The van der Waals surface area contributed by atoms with Crippen LogP contribution in [0.3, 0.4) is 0 Å². The third-order valence-electron chi connectivity index (χ3n) is 4.70.